The maximum atomic E-state index is 5.05. The summed E-state index contributed by atoms with van der Waals surface area (Å²) in [6, 6.07) is 22.3. The smallest absolute Gasteiger partial charge is 0.146 e. The minimum absolute atomic E-state index is 0.945. The number of hydrogen-bond acceptors (Lipinski definition) is 3. The summed E-state index contributed by atoms with van der Waals surface area (Å²) in [5, 5.41) is 3.71. The number of imidazole rings is 1. The molecule has 2 aliphatic carbocycles. The van der Waals surface area contributed by atoms with Gasteiger partial charge in [-0.25, -0.2) is 4.98 Å². The molecular weight excluding hydrogens is 428 g/mol. The molecule has 0 radical (unpaired) electrons. The van der Waals surface area contributed by atoms with E-state index in [9.17, 15) is 0 Å². The molecule has 0 amide bonds. The lowest BCUT2D eigenvalue weighted by Crippen LogP contribution is -1.95. The standard InChI is InChI=1S/C31H18N4/c1-2-4-19-17(3-1)13-24-20(19)6-5-18-14-25-21(29(18)24)7-8-23-30(25)22-9-11-32-15-27(22)35-28-16-33-12-10-26(28)34-31(23)35/h1-12,15-16H,13-14H2. The molecule has 0 fully saturated rings. The molecule has 4 aromatic heterocycles. The van der Waals surface area contributed by atoms with Crippen molar-refractivity contribution in [1.29, 1.82) is 0 Å². The second-order valence-electron chi connectivity index (χ2n) is 9.68. The Kier molecular flexibility index (Phi) is 3.11. The molecule has 0 spiro atoms. The maximum Gasteiger partial charge on any atom is 0.146 e. The first-order chi connectivity index (χ1) is 17.4. The predicted octanol–water partition coefficient (Wildman–Crippen LogP) is 6.73. The third-order valence-corrected chi connectivity index (χ3v) is 8.03. The van der Waals surface area contributed by atoms with E-state index in [4.69, 9.17) is 4.98 Å². The molecule has 4 heterocycles. The molecule has 2 aliphatic rings. The third-order valence-electron chi connectivity index (χ3n) is 8.03. The lowest BCUT2D eigenvalue weighted by atomic mass is 9.93. The highest BCUT2D eigenvalue weighted by Gasteiger charge is 2.30. The van der Waals surface area contributed by atoms with Gasteiger partial charge in [0, 0.05) is 23.2 Å². The van der Waals surface area contributed by atoms with Gasteiger partial charge in [-0.3, -0.25) is 14.4 Å². The first-order valence-electron chi connectivity index (χ1n) is 12.0. The molecule has 162 valence electrons. The first kappa shape index (κ1) is 17.8. The van der Waals surface area contributed by atoms with Gasteiger partial charge in [0.2, 0.25) is 0 Å². The Morgan fingerprint density at radius 2 is 1.46 bits per heavy atom. The molecule has 0 unspecified atom stereocenters. The number of benzene rings is 3. The highest BCUT2D eigenvalue weighted by atomic mass is 15.0. The molecule has 0 saturated carbocycles. The Labute approximate surface area is 200 Å². The first-order valence-corrected chi connectivity index (χ1v) is 12.0. The van der Waals surface area contributed by atoms with Crippen LogP contribution in [0, 0.1) is 0 Å². The lowest BCUT2D eigenvalue weighted by Gasteiger charge is -2.13. The molecule has 7 aromatic rings. The second-order valence-corrected chi connectivity index (χ2v) is 9.68. The van der Waals surface area contributed by atoms with Crippen LogP contribution in [0.25, 0.3) is 60.6 Å². The summed E-state index contributed by atoms with van der Waals surface area (Å²) in [5.41, 5.74) is 15.4. The van der Waals surface area contributed by atoms with E-state index in [2.05, 4.69) is 69.0 Å². The highest BCUT2D eigenvalue weighted by molar-refractivity contribution is 6.17. The predicted molar refractivity (Wildman–Crippen MR) is 140 cm³/mol. The monoisotopic (exact) mass is 446 g/mol. The van der Waals surface area contributed by atoms with E-state index in [-0.39, 0.29) is 0 Å². The van der Waals surface area contributed by atoms with Crippen LogP contribution in [-0.4, -0.2) is 19.4 Å². The summed E-state index contributed by atoms with van der Waals surface area (Å²) >= 11 is 0. The molecule has 35 heavy (non-hydrogen) atoms. The molecule has 0 atom stereocenters. The fourth-order valence-electron chi connectivity index (χ4n) is 6.62. The molecule has 0 aliphatic heterocycles. The minimum Gasteiger partial charge on any atom is -0.289 e. The Morgan fingerprint density at radius 1 is 0.629 bits per heavy atom. The Morgan fingerprint density at radius 3 is 2.43 bits per heavy atom. The average Bonchev–Trinajstić information content (AvgIpc) is 3.59. The Balaban J connectivity index is 1.42. The topological polar surface area (TPSA) is 43.1 Å². The fourth-order valence-corrected chi connectivity index (χ4v) is 6.62. The van der Waals surface area contributed by atoms with Crippen molar-refractivity contribution in [2.45, 2.75) is 12.8 Å². The van der Waals surface area contributed by atoms with Crippen LogP contribution in [0.1, 0.15) is 22.3 Å². The SMILES string of the molecule is c1ccc2c(c1)Cc1c-2ccc2c1-c1ccc3c(c1C2)c1ccncc1n1c2cnccc2nc31. The van der Waals surface area contributed by atoms with Crippen LogP contribution in [-0.2, 0) is 12.8 Å². The van der Waals surface area contributed by atoms with E-state index in [0.29, 0.717) is 0 Å². The normalized spacial score (nSPS) is 13.5. The van der Waals surface area contributed by atoms with Crippen molar-refractivity contribution in [3.63, 3.8) is 0 Å². The molecule has 0 bridgehead atoms. The Bertz CT molecular complexity index is 2070. The van der Waals surface area contributed by atoms with E-state index < -0.39 is 0 Å². The van der Waals surface area contributed by atoms with E-state index >= 15 is 0 Å². The van der Waals surface area contributed by atoms with Crippen LogP contribution < -0.4 is 0 Å². The summed E-state index contributed by atoms with van der Waals surface area (Å²) < 4.78 is 2.22. The molecule has 0 N–H and O–H groups in total. The van der Waals surface area contributed by atoms with Crippen LogP contribution in [0.5, 0.6) is 0 Å². The number of pyridine rings is 3. The van der Waals surface area contributed by atoms with E-state index in [1.54, 1.807) is 0 Å². The Hall–Kier alpha value is -4.57. The van der Waals surface area contributed by atoms with Gasteiger partial charge in [0.25, 0.3) is 0 Å². The van der Waals surface area contributed by atoms with Gasteiger partial charge in [-0.05, 0) is 80.9 Å². The van der Waals surface area contributed by atoms with Gasteiger partial charge in [0.1, 0.15) is 5.65 Å². The minimum atomic E-state index is 0.945. The molecular formula is C31H18N4. The summed E-state index contributed by atoms with van der Waals surface area (Å²) in [4.78, 5) is 13.9. The van der Waals surface area contributed by atoms with E-state index in [1.807, 2.05) is 30.9 Å². The van der Waals surface area contributed by atoms with E-state index in [0.717, 1.165) is 35.0 Å². The van der Waals surface area contributed by atoms with Crippen molar-refractivity contribution in [3.8, 4) is 22.3 Å². The molecule has 0 saturated heterocycles. The van der Waals surface area contributed by atoms with Gasteiger partial charge in [-0.2, -0.15) is 0 Å². The number of hydrogen-bond donors (Lipinski definition) is 0. The van der Waals surface area contributed by atoms with Crippen molar-refractivity contribution in [3.05, 3.63) is 108 Å². The van der Waals surface area contributed by atoms with Crippen LogP contribution in [0.3, 0.4) is 0 Å². The maximum absolute atomic E-state index is 5.05. The highest BCUT2D eigenvalue weighted by Crippen LogP contribution is 2.50. The van der Waals surface area contributed by atoms with Crippen molar-refractivity contribution >= 4 is 38.4 Å². The van der Waals surface area contributed by atoms with E-state index in [1.165, 1.54) is 60.7 Å². The van der Waals surface area contributed by atoms with Gasteiger partial charge < -0.3 is 0 Å². The number of nitrogens with zero attached hydrogens (tertiary/aromatic N) is 4. The number of fused-ring (bicyclic) bond motifs is 16. The fraction of sp³-hybridized carbons (Fsp3) is 0.0645. The van der Waals surface area contributed by atoms with Crippen molar-refractivity contribution in [1.82, 2.24) is 19.4 Å². The average molecular weight is 447 g/mol. The molecule has 4 heteroatoms. The van der Waals surface area contributed by atoms with Crippen molar-refractivity contribution in [2.75, 3.05) is 0 Å². The second kappa shape index (κ2) is 6.10. The van der Waals surface area contributed by atoms with Crippen molar-refractivity contribution < 1.29 is 0 Å². The van der Waals surface area contributed by atoms with Crippen molar-refractivity contribution in [2.24, 2.45) is 0 Å². The van der Waals surface area contributed by atoms with Crippen LogP contribution in [0.4, 0.5) is 0 Å². The summed E-state index contributed by atoms with van der Waals surface area (Å²) in [5.74, 6) is 0. The van der Waals surface area contributed by atoms with Crippen LogP contribution in [0.15, 0.2) is 85.5 Å². The zero-order valence-electron chi connectivity index (χ0n) is 18.8. The summed E-state index contributed by atoms with van der Waals surface area (Å²) in [6.45, 7) is 0. The van der Waals surface area contributed by atoms with Crippen LogP contribution >= 0.6 is 0 Å². The van der Waals surface area contributed by atoms with Crippen LogP contribution in [0.2, 0.25) is 0 Å². The quantitative estimate of drug-likeness (QED) is 0.243. The largest absolute Gasteiger partial charge is 0.289 e. The molecule has 3 aromatic carbocycles. The lowest BCUT2D eigenvalue weighted by molar-refractivity contribution is 1.24. The summed E-state index contributed by atoms with van der Waals surface area (Å²) in [7, 11) is 0. The van der Waals surface area contributed by atoms with Gasteiger partial charge >= 0.3 is 0 Å². The zero-order chi connectivity index (χ0) is 22.7. The molecule has 4 nitrogen and oxygen atoms in total. The van der Waals surface area contributed by atoms with Gasteiger partial charge in [-0.1, -0.05) is 42.5 Å². The zero-order valence-corrected chi connectivity index (χ0v) is 18.8. The molecule has 9 rings (SSSR count). The number of aromatic nitrogens is 4. The third kappa shape index (κ3) is 2.11. The number of rotatable bonds is 0. The van der Waals surface area contributed by atoms with Gasteiger partial charge in [0.05, 0.1) is 28.9 Å². The van der Waals surface area contributed by atoms with Gasteiger partial charge in [-0.15, -0.1) is 0 Å². The summed E-state index contributed by atoms with van der Waals surface area (Å²) in [6.07, 6.45) is 9.53. The van der Waals surface area contributed by atoms with Gasteiger partial charge in [0.15, 0.2) is 0 Å².